The van der Waals surface area contributed by atoms with Gasteiger partial charge in [0, 0.05) is 27.7 Å². The largest absolute Gasteiger partial charge is 0.354 e. The normalized spacial score (nSPS) is 12.4. The SMILES string of the molecule is [CH2]c1nc(-c2ccc3c(c2)Nc2ccccc2S3)cs1. The van der Waals surface area contributed by atoms with Gasteiger partial charge in [-0.3, -0.25) is 0 Å². The number of nitrogens with one attached hydrogen (secondary N) is 1. The second-order valence-electron chi connectivity index (χ2n) is 4.56. The quantitative estimate of drug-likeness (QED) is 0.522. The molecule has 1 radical (unpaired) electrons. The number of hydrogen-bond donors (Lipinski definition) is 1. The summed E-state index contributed by atoms with van der Waals surface area (Å²) in [5, 5.41) is 6.40. The maximum Gasteiger partial charge on any atom is 0.0936 e. The zero-order chi connectivity index (χ0) is 13.5. The first-order chi connectivity index (χ1) is 9.79. The van der Waals surface area contributed by atoms with Crippen molar-refractivity contribution < 1.29 is 0 Å². The number of nitrogens with zero attached hydrogens (tertiary/aromatic N) is 1. The van der Waals surface area contributed by atoms with Gasteiger partial charge in [-0.2, -0.15) is 0 Å². The summed E-state index contributed by atoms with van der Waals surface area (Å²) in [4.78, 5) is 6.96. The van der Waals surface area contributed by atoms with Gasteiger partial charge < -0.3 is 5.32 Å². The van der Waals surface area contributed by atoms with Crippen molar-refractivity contribution in [2.75, 3.05) is 5.32 Å². The van der Waals surface area contributed by atoms with E-state index in [-0.39, 0.29) is 0 Å². The van der Waals surface area contributed by atoms with Crippen molar-refractivity contribution >= 4 is 34.5 Å². The number of benzene rings is 2. The Bertz CT molecular complexity index is 793. The molecule has 0 aliphatic carbocycles. The summed E-state index contributed by atoms with van der Waals surface area (Å²) in [7, 11) is 0. The summed E-state index contributed by atoms with van der Waals surface area (Å²) in [6, 6.07) is 14.8. The molecule has 1 N–H and O–H groups in total. The van der Waals surface area contributed by atoms with Gasteiger partial charge >= 0.3 is 0 Å². The molecular weight excluding hydrogens is 284 g/mol. The van der Waals surface area contributed by atoms with Gasteiger partial charge in [-0.1, -0.05) is 30.0 Å². The van der Waals surface area contributed by atoms with Crippen LogP contribution in [0.5, 0.6) is 0 Å². The molecule has 1 aromatic heterocycles. The smallest absolute Gasteiger partial charge is 0.0936 e. The van der Waals surface area contributed by atoms with E-state index in [1.807, 2.05) is 5.38 Å². The van der Waals surface area contributed by atoms with Crippen LogP contribution in [0.2, 0.25) is 0 Å². The lowest BCUT2D eigenvalue weighted by Gasteiger charge is -2.21. The highest BCUT2D eigenvalue weighted by Crippen LogP contribution is 2.45. The third kappa shape index (κ3) is 2.01. The van der Waals surface area contributed by atoms with Crippen LogP contribution in [0.4, 0.5) is 11.4 Å². The first-order valence-electron chi connectivity index (χ1n) is 6.25. The van der Waals surface area contributed by atoms with Crippen LogP contribution in [0.3, 0.4) is 0 Å². The van der Waals surface area contributed by atoms with E-state index in [0.29, 0.717) is 0 Å². The molecule has 97 valence electrons. The molecule has 4 rings (SSSR count). The van der Waals surface area contributed by atoms with Crippen LogP contribution < -0.4 is 5.32 Å². The molecule has 2 heterocycles. The molecule has 1 aliphatic heterocycles. The van der Waals surface area contributed by atoms with E-state index >= 15 is 0 Å². The molecule has 0 fully saturated rings. The average molecular weight is 295 g/mol. The Morgan fingerprint density at radius 1 is 1.00 bits per heavy atom. The van der Waals surface area contributed by atoms with Gasteiger partial charge in [-0.15, -0.1) is 11.3 Å². The molecule has 2 aromatic carbocycles. The van der Waals surface area contributed by atoms with Crippen molar-refractivity contribution in [2.45, 2.75) is 9.79 Å². The number of fused-ring (bicyclic) bond motifs is 2. The first-order valence-corrected chi connectivity index (χ1v) is 7.95. The highest BCUT2D eigenvalue weighted by atomic mass is 32.2. The first kappa shape index (κ1) is 12.0. The summed E-state index contributed by atoms with van der Waals surface area (Å²) in [5.74, 6) is 0. The van der Waals surface area contributed by atoms with Crippen LogP contribution in [0.1, 0.15) is 5.01 Å². The third-order valence-electron chi connectivity index (χ3n) is 3.20. The van der Waals surface area contributed by atoms with Crippen LogP contribution in [0.15, 0.2) is 57.6 Å². The van der Waals surface area contributed by atoms with Crippen molar-refractivity contribution in [3.8, 4) is 11.3 Å². The predicted octanol–water partition coefficient (Wildman–Crippen LogP) is 5.20. The molecule has 3 aromatic rings. The second-order valence-corrected chi connectivity index (χ2v) is 6.59. The molecule has 0 amide bonds. The molecule has 0 spiro atoms. The van der Waals surface area contributed by atoms with Crippen molar-refractivity contribution in [3.05, 3.63) is 59.8 Å². The van der Waals surface area contributed by atoms with Crippen LogP contribution in [0.25, 0.3) is 11.3 Å². The number of anilines is 2. The minimum atomic E-state index is 0.852. The van der Waals surface area contributed by atoms with Gasteiger partial charge in [0.25, 0.3) is 0 Å². The number of thiazole rings is 1. The van der Waals surface area contributed by atoms with Gasteiger partial charge in [-0.05, 0) is 24.3 Å². The topological polar surface area (TPSA) is 24.9 Å². The number of aromatic nitrogens is 1. The summed E-state index contributed by atoms with van der Waals surface area (Å²) < 4.78 is 0. The maximum atomic E-state index is 4.45. The minimum Gasteiger partial charge on any atom is -0.354 e. The monoisotopic (exact) mass is 295 g/mol. The number of rotatable bonds is 1. The Morgan fingerprint density at radius 3 is 2.70 bits per heavy atom. The lowest BCUT2D eigenvalue weighted by Crippen LogP contribution is -1.99. The van der Waals surface area contributed by atoms with E-state index in [2.05, 4.69) is 59.7 Å². The van der Waals surface area contributed by atoms with Gasteiger partial charge in [0.15, 0.2) is 0 Å². The van der Waals surface area contributed by atoms with Crippen molar-refractivity contribution in [1.29, 1.82) is 0 Å². The van der Waals surface area contributed by atoms with Crippen LogP contribution in [-0.4, -0.2) is 4.98 Å². The molecule has 0 saturated carbocycles. The van der Waals surface area contributed by atoms with Crippen LogP contribution in [-0.2, 0) is 0 Å². The summed E-state index contributed by atoms with van der Waals surface area (Å²) in [5.41, 5.74) is 4.43. The Morgan fingerprint density at radius 2 is 1.85 bits per heavy atom. The average Bonchev–Trinajstić information content (AvgIpc) is 2.91. The zero-order valence-electron chi connectivity index (χ0n) is 10.6. The molecular formula is C16H11N2S2. The molecule has 0 unspecified atom stereocenters. The number of para-hydroxylation sites is 1. The Balaban J connectivity index is 1.76. The van der Waals surface area contributed by atoms with Crippen LogP contribution >= 0.6 is 23.1 Å². The van der Waals surface area contributed by atoms with Crippen LogP contribution in [0, 0.1) is 6.92 Å². The zero-order valence-corrected chi connectivity index (χ0v) is 12.2. The van der Waals surface area contributed by atoms with Gasteiger partial charge in [-0.25, -0.2) is 4.98 Å². The minimum absolute atomic E-state index is 0.852. The fourth-order valence-corrected chi connectivity index (χ4v) is 3.80. The van der Waals surface area contributed by atoms with Crippen molar-refractivity contribution in [3.63, 3.8) is 0 Å². The second kappa shape index (κ2) is 4.65. The molecule has 0 atom stereocenters. The molecule has 2 nitrogen and oxygen atoms in total. The van der Waals surface area contributed by atoms with E-state index < -0.39 is 0 Å². The standard InChI is InChI=1S/C16H11N2S2/c1-10-17-14(9-19-10)11-6-7-16-13(8-11)18-12-4-2-3-5-15(12)20-16/h2-9,18H,1H2. The van der Waals surface area contributed by atoms with E-state index in [1.54, 1.807) is 23.1 Å². The number of hydrogen-bond acceptors (Lipinski definition) is 4. The molecule has 20 heavy (non-hydrogen) atoms. The van der Waals surface area contributed by atoms with E-state index in [1.165, 1.54) is 15.5 Å². The summed E-state index contributed by atoms with van der Waals surface area (Å²) in [6.07, 6.45) is 0. The van der Waals surface area contributed by atoms with Crippen molar-refractivity contribution in [2.24, 2.45) is 0 Å². The Kier molecular flexibility index (Phi) is 2.79. The predicted molar refractivity (Wildman–Crippen MR) is 85.9 cm³/mol. The fraction of sp³-hybridized carbons (Fsp3) is 0. The van der Waals surface area contributed by atoms with Gasteiger partial charge in [0.1, 0.15) is 0 Å². The van der Waals surface area contributed by atoms with Gasteiger partial charge in [0.2, 0.25) is 0 Å². The van der Waals surface area contributed by atoms with Gasteiger partial charge in [0.05, 0.1) is 22.1 Å². The molecule has 4 heteroatoms. The van der Waals surface area contributed by atoms with E-state index in [4.69, 9.17) is 0 Å². The van der Waals surface area contributed by atoms with Crippen molar-refractivity contribution in [1.82, 2.24) is 4.98 Å². The third-order valence-corrected chi connectivity index (χ3v) is 5.06. The Labute approximate surface area is 125 Å². The lowest BCUT2D eigenvalue weighted by atomic mass is 10.1. The maximum absolute atomic E-state index is 4.45. The summed E-state index contributed by atoms with van der Waals surface area (Å²) >= 11 is 3.38. The van der Waals surface area contributed by atoms with E-state index in [0.717, 1.165) is 22.0 Å². The summed E-state index contributed by atoms with van der Waals surface area (Å²) in [6.45, 7) is 3.87. The lowest BCUT2D eigenvalue weighted by molar-refractivity contribution is 1.30. The highest BCUT2D eigenvalue weighted by Gasteiger charge is 2.16. The fourth-order valence-electron chi connectivity index (χ4n) is 2.24. The Hall–Kier alpha value is -1.78. The van der Waals surface area contributed by atoms with E-state index in [9.17, 15) is 0 Å². The molecule has 0 bridgehead atoms. The molecule has 0 saturated heterocycles. The highest BCUT2D eigenvalue weighted by molar-refractivity contribution is 7.99. The molecule has 1 aliphatic rings.